The number of halogens is 1. The van der Waals surface area contributed by atoms with Crippen molar-refractivity contribution in [1.82, 2.24) is 9.97 Å². The van der Waals surface area contributed by atoms with E-state index >= 15 is 0 Å². The second-order valence-electron chi connectivity index (χ2n) is 5.31. The summed E-state index contributed by atoms with van der Waals surface area (Å²) in [5, 5.41) is 11.6. The summed E-state index contributed by atoms with van der Waals surface area (Å²) >= 11 is 0. The van der Waals surface area contributed by atoms with E-state index in [0.717, 1.165) is 22.8 Å². The summed E-state index contributed by atoms with van der Waals surface area (Å²) in [5.74, 6) is -0.418. The van der Waals surface area contributed by atoms with E-state index < -0.39 is 11.4 Å². The van der Waals surface area contributed by atoms with Gasteiger partial charge >= 0.3 is 0 Å². The van der Waals surface area contributed by atoms with Crippen molar-refractivity contribution >= 4 is 10.9 Å². The van der Waals surface area contributed by atoms with Crippen molar-refractivity contribution in [1.29, 1.82) is 0 Å². The Bertz CT molecular complexity index is 769. The first-order valence-corrected chi connectivity index (χ1v) is 6.74. The molecule has 0 radical (unpaired) electrons. The van der Waals surface area contributed by atoms with Gasteiger partial charge in [0.1, 0.15) is 11.4 Å². The van der Waals surface area contributed by atoms with Crippen molar-refractivity contribution in [3.8, 4) is 0 Å². The molecule has 0 bridgehead atoms. The first-order chi connectivity index (χ1) is 10.0. The maximum absolute atomic E-state index is 12.9. The molecule has 1 aromatic carbocycles. The number of rotatable bonds is 3. The molecule has 0 aliphatic rings. The minimum absolute atomic E-state index is 0.316. The summed E-state index contributed by atoms with van der Waals surface area (Å²) in [5.41, 5.74) is 0.893. The van der Waals surface area contributed by atoms with Gasteiger partial charge in [-0.1, -0.05) is 24.3 Å². The van der Waals surface area contributed by atoms with Crippen LogP contribution in [0.5, 0.6) is 0 Å². The molecule has 3 aromatic rings. The van der Waals surface area contributed by atoms with Gasteiger partial charge < -0.3 is 5.11 Å². The molecular weight excluding hydrogens is 267 g/mol. The Hall–Kier alpha value is -2.33. The van der Waals surface area contributed by atoms with Gasteiger partial charge in [-0.05, 0) is 31.2 Å². The van der Waals surface area contributed by atoms with Crippen LogP contribution >= 0.6 is 0 Å². The zero-order valence-electron chi connectivity index (χ0n) is 11.6. The molecule has 0 fully saturated rings. The van der Waals surface area contributed by atoms with Gasteiger partial charge in [-0.3, -0.25) is 9.97 Å². The number of aromatic nitrogens is 2. The molecule has 3 nitrogen and oxygen atoms in total. The SMILES string of the molecule is CC(O)(Cc1ccc2ccccc2n1)c1ccc(F)cn1. The fourth-order valence-electron chi connectivity index (χ4n) is 2.34. The number of nitrogens with zero attached hydrogens (tertiary/aromatic N) is 2. The Balaban J connectivity index is 1.91. The van der Waals surface area contributed by atoms with Gasteiger partial charge in [0.15, 0.2) is 0 Å². The van der Waals surface area contributed by atoms with Crippen molar-refractivity contribution in [3.63, 3.8) is 0 Å². The van der Waals surface area contributed by atoms with E-state index in [9.17, 15) is 9.50 Å². The Kier molecular flexibility index (Phi) is 3.39. The summed E-state index contributed by atoms with van der Waals surface area (Å²) in [6.45, 7) is 1.66. The third kappa shape index (κ3) is 2.90. The summed E-state index contributed by atoms with van der Waals surface area (Å²) in [6, 6.07) is 14.5. The van der Waals surface area contributed by atoms with E-state index in [0.29, 0.717) is 12.1 Å². The third-order valence-electron chi connectivity index (χ3n) is 3.46. The summed E-state index contributed by atoms with van der Waals surface area (Å²) in [7, 11) is 0. The minimum atomic E-state index is -1.19. The average molecular weight is 282 g/mol. The van der Waals surface area contributed by atoms with Gasteiger partial charge in [0, 0.05) is 17.5 Å². The predicted octanol–water partition coefficient (Wildman–Crippen LogP) is 3.22. The lowest BCUT2D eigenvalue weighted by molar-refractivity contribution is 0.0520. The Labute approximate surface area is 122 Å². The highest BCUT2D eigenvalue weighted by Gasteiger charge is 2.25. The van der Waals surface area contributed by atoms with Gasteiger partial charge in [-0.25, -0.2) is 4.39 Å². The van der Waals surface area contributed by atoms with Gasteiger partial charge in [0.05, 0.1) is 17.4 Å². The molecule has 1 N–H and O–H groups in total. The van der Waals surface area contributed by atoms with Gasteiger partial charge in [-0.2, -0.15) is 0 Å². The number of benzene rings is 1. The van der Waals surface area contributed by atoms with E-state index in [1.54, 1.807) is 6.92 Å². The molecule has 2 aromatic heterocycles. The van der Waals surface area contributed by atoms with Crippen LogP contribution in [0, 0.1) is 5.82 Å². The molecule has 0 saturated carbocycles. The lowest BCUT2D eigenvalue weighted by Crippen LogP contribution is -2.26. The second kappa shape index (κ2) is 5.22. The van der Waals surface area contributed by atoms with Crippen LogP contribution in [-0.4, -0.2) is 15.1 Å². The fraction of sp³-hybridized carbons (Fsp3) is 0.176. The lowest BCUT2D eigenvalue weighted by Gasteiger charge is -2.22. The molecule has 3 rings (SSSR count). The van der Waals surface area contributed by atoms with Crippen molar-refractivity contribution in [3.05, 3.63) is 71.9 Å². The maximum Gasteiger partial charge on any atom is 0.141 e. The van der Waals surface area contributed by atoms with Crippen LogP contribution in [0.25, 0.3) is 10.9 Å². The monoisotopic (exact) mass is 282 g/mol. The van der Waals surface area contributed by atoms with E-state index in [4.69, 9.17) is 0 Å². The molecule has 0 amide bonds. The highest BCUT2D eigenvalue weighted by atomic mass is 19.1. The smallest absolute Gasteiger partial charge is 0.141 e. The Morgan fingerprint density at radius 1 is 1.10 bits per heavy atom. The van der Waals surface area contributed by atoms with Crippen molar-refractivity contribution in [2.45, 2.75) is 18.9 Å². The Morgan fingerprint density at radius 3 is 2.67 bits per heavy atom. The summed E-state index contributed by atoms with van der Waals surface area (Å²) < 4.78 is 12.9. The molecule has 1 atom stereocenters. The van der Waals surface area contributed by atoms with Crippen LogP contribution < -0.4 is 0 Å². The van der Waals surface area contributed by atoms with Crippen LogP contribution in [0.3, 0.4) is 0 Å². The van der Waals surface area contributed by atoms with E-state index in [2.05, 4.69) is 9.97 Å². The normalized spacial score (nSPS) is 14.0. The molecule has 0 spiro atoms. The average Bonchev–Trinajstić information content (AvgIpc) is 2.47. The largest absolute Gasteiger partial charge is 0.383 e. The fourth-order valence-corrected chi connectivity index (χ4v) is 2.34. The molecule has 0 saturated heterocycles. The number of para-hydroxylation sites is 1. The number of fused-ring (bicyclic) bond motifs is 1. The Morgan fingerprint density at radius 2 is 1.90 bits per heavy atom. The minimum Gasteiger partial charge on any atom is -0.383 e. The van der Waals surface area contributed by atoms with Crippen LogP contribution in [0.1, 0.15) is 18.3 Å². The van der Waals surface area contributed by atoms with E-state index in [1.807, 2.05) is 36.4 Å². The van der Waals surface area contributed by atoms with Crippen molar-refractivity contribution in [2.24, 2.45) is 0 Å². The van der Waals surface area contributed by atoms with Crippen LogP contribution in [0.2, 0.25) is 0 Å². The molecule has 2 heterocycles. The molecule has 106 valence electrons. The van der Waals surface area contributed by atoms with Gasteiger partial charge in [-0.15, -0.1) is 0 Å². The first kappa shape index (κ1) is 13.6. The predicted molar refractivity (Wildman–Crippen MR) is 79.2 cm³/mol. The maximum atomic E-state index is 12.9. The van der Waals surface area contributed by atoms with Crippen molar-refractivity contribution < 1.29 is 9.50 Å². The molecule has 0 aliphatic carbocycles. The van der Waals surface area contributed by atoms with E-state index in [1.165, 1.54) is 12.1 Å². The molecule has 4 heteroatoms. The van der Waals surface area contributed by atoms with Gasteiger partial charge in [0.25, 0.3) is 0 Å². The summed E-state index contributed by atoms with van der Waals surface area (Å²) in [6.07, 6.45) is 1.42. The zero-order valence-corrected chi connectivity index (χ0v) is 11.6. The highest BCUT2D eigenvalue weighted by Crippen LogP contribution is 2.24. The first-order valence-electron chi connectivity index (χ1n) is 6.74. The highest BCUT2D eigenvalue weighted by molar-refractivity contribution is 5.78. The lowest BCUT2D eigenvalue weighted by atomic mass is 9.95. The van der Waals surface area contributed by atoms with Crippen LogP contribution in [0.4, 0.5) is 4.39 Å². The van der Waals surface area contributed by atoms with E-state index in [-0.39, 0.29) is 0 Å². The van der Waals surface area contributed by atoms with Crippen molar-refractivity contribution in [2.75, 3.05) is 0 Å². The van der Waals surface area contributed by atoms with Gasteiger partial charge in [0.2, 0.25) is 0 Å². The number of pyridine rings is 2. The number of hydrogen-bond donors (Lipinski definition) is 1. The summed E-state index contributed by atoms with van der Waals surface area (Å²) in [4.78, 5) is 8.50. The third-order valence-corrected chi connectivity index (χ3v) is 3.46. The molecule has 1 unspecified atom stereocenters. The molecule has 21 heavy (non-hydrogen) atoms. The molecular formula is C17H15FN2O. The zero-order chi connectivity index (χ0) is 14.9. The topological polar surface area (TPSA) is 46.0 Å². The molecule has 0 aliphatic heterocycles. The van der Waals surface area contributed by atoms with Crippen LogP contribution in [0.15, 0.2) is 54.7 Å². The number of hydrogen-bond acceptors (Lipinski definition) is 3. The standard InChI is InChI=1S/C17H15FN2O/c1-17(21,16-9-7-13(18)11-19-16)10-14-8-6-12-4-2-3-5-15(12)20-14/h2-9,11,21H,10H2,1H3. The number of aliphatic hydroxyl groups is 1. The quantitative estimate of drug-likeness (QED) is 0.802. The van der Waals surface area contributed by atoms with Crippen LogP contribution in [-0.2, 0) is 12.0 Å². The second-order valence-corrected chi connectivity index (χ2v) is 5.31.